The topological polar surface area (TPSA) is 70.2 Å². The standard InChI is InChI=1S/C23H23F4N5OS.2H2/c1-28-20(33)13-2-3-18(17(24)6-13)31-14-8-22(9-14)4-5-32(11-22)19-16-7-15(10-23(25,26)27)34-21(16)30-12-29-19;;/h2-3,6-7,12,14,31H,4-5,8-11H2,1H3,(H,28,33);2*1H. The van der Waals surface area contributed by atoms with E-state index in [1.54, 1.807) is 18.2 Å². The molecule has 3 aromatic rings. The number of fused-ring (bicyclic) bond motifs is 1. The second-order valence-corrected chi connectivity index (χ2v) is 10.2. The van der Waals surface area contributed by atoms with Crippen molar-refractivity contribution in [2.24, 2.45) is 5.41 Å². The molecule has 2 aromatic heterocycles. The van der Waals surface area contributed by atoms with Gasteiger partial charge in [-0.25, -0.2) is 14.4 Å². The van der Waals surface area contributed by atoms with Gasteiger partial charge in [-0.05, 0) is 48.9 Å². The fraction of sp³-hybridized carbons (Fsp3) is 0.435. The second-order valence-electron chi connectivity index (χ2n) is 9.12. The maximum absolute atomic E-state index is 14.4. The number of nitrogens with zero attached hydrogens (tertiary/aromatic N) is 3. The van der Waals surface area contributed by atoms with Crippen molar-refractivity contribution in [2.45, 2.75) is 37.9 Å². The van der Waals surface area contributed by atoms with Crippen LogP contribution in [0, 0.1) is 11.2 Å². The van der Waals surface area contributed by atoms with Gasteiger partial charge < -0.3 is 15.5 Å². The van der Waals surface area contributed by atoms with E-state index in [2.05, 4.69) is 25.5 Å². The quantitative estimate of drug-likeness (QED) is 0.471. The van der Waals surface area contributed by atoms with E-state index in [0.29, 0.717) is 21.7 Å². The van der Waals surface area contributed by atoms with E-state index in [9.17, 15) is 22.4 Å². The Labute approximate surface area is 200 Å². The van der Waals surface area contributed by atoms with Crippen LogP contribution in [-0.4, -0.2) is 48.2 Å². The van der Waals surface area contributed by atoms with Crippen molar-refractivity contribution in [3.8, 4) is 0 Å². The number of nitrogens with one attached hydrogen (secondary N) is 2. The maximum atomic E-state index is 14.4. The first-order valence-corrected chi connectivity index (χ1v) is 11.8. The number of amides is 1. The van der Waals surface area contributed by atoms with Crippen LogP contribution >= 0.6 is 11.3 Å². The van der Waals surface area contributed by atoms with Crippen LogP contribution in [-0.2, 0) is 6.42 Å². The van der Waals surface area contributed by atoms with E-state index in [1.807, 2.05) is 0 Å². The van der Waals surface area contributed by atoms with E-state index in [4.69, 9.17) is 0 Å². The fourth-order valence-corrected chi connectivity index (χ4v) is 6.13. The molecule has 1 aliphatic heterocycles. The van der Waals surface area contributed by atoms with Crippen LogP contribution in [0.5, 0.6) is 0 Å². The summed E-state index contributed by atoms with van der Waals surface area (Å²) in [4.78, 5) is 23.2. The van der Waals surface area contributed by atoms with Gasteiger partial charge in [-0.1, -0.05) is 0 Å². The Bertz CT molecular complexity index is 1250. The minimum Gasteiger partial charge on any atom is -0.380 e. The number of hydrogen-bond donors (Lipinski definition) is 2. The summed E-state index contributed by atoms with van der Waals surface area (Å²) in [7, 11) is 1.50. The number of thiophene rings is 1. The van der Waals surface area contributed by atoms with Crippen molar-refractivity contribution in [1.29, 1.82) is 0 Å². The smallest absolute Gasteiger partial charge is 0.380 e. The molecule has 2 N–H and O–H groups in total. The van der Waals surface area contributed by atoms with Gasteiger partial charge in [-0.2, -0.15) is 13.2 Å². The molecule has 0 bridgehead atoms. The van der Waals surface area contributed by atoms with Gasteiger partial charge in [0.2, 0.25) is 0 Å². The number of aromatic nitrogens is 2. The molecule has 1 saturated heterocycles. The first-order chi connectivity index (χ1) is 16.1. The summed E-state index contributed by atoms with van der Waals surface area (Å²) in [6, 6.07) is 6.07. The molecule has 0 unspecified atom stereocenters. The molecule has 6 nitrogen and oxygen atoms in total. The lowest BCUT2D eigenvalue weighted by molar-refractivity contribution is -0.126. The normalized spacial score (nSPS) is 22.3. The summed E-state index contributed by atoms with van der Waals surface area (Å²) in [5, 5.41) is 6.37. The van der Waals surface area contributed by atoms with Gasteiger partial charge in [0.25, 0.3) is 5.91 Å². The molecule has 34 heavy (non-hydrogen) atoms. The van der Waals surface area contributed by atoms with Crippen LogP contribution in [0.4, 0.5) is 29.1 Å². The van der Waals surface area contributed by atoms with E-state index >= 15 is 0 Å². The molecule has 5 rings (SSSR count). The third-order valence-corrected chi connectivity index (χ3v) is 7.69. The van der Waals surface area contributed by atoms with Crippen molar-refractivity contribution in [3.63, 3.8) is 0 Å². The maximum Gasteiger partial charge on any atom is 0.393 e. The summed E-state index contributed by atoms with van der Waals surface area (Å²) in [5.41, 5.74) is 0.707. The Morgan fingerprint density at radius 3 is 2.79 bits per heavy atom. The first-order valence-electron chi connectivity index (χ1n) is 11.0. The highest BCUT2D eigenvalue weighted by atomic mass is 32.1. The highest BCUT2D eigenvalue weighted by Crippen LogP contribution is 2.50. The zero-order valence-electron chi connectivity index (χ0n) is 18.4. The molecule has 3 heterocycles. The van der Waals surface area contributed by atoms with Crippen molar-refractivity contribution in [2.75, 3.05) is 30.4 Å². The number of rotatable bonds is 5. The Morgan fingerprint density at radius 1 is 1.29 bits per heavy atom. The van der Waals surface area contributed by atoms with Crippen molar-refractivity contribution < 1.29 is 25.2 Å². The molecule has 1 aromatic carbocycles. The molecule has 0 atom stereocenters. The van der Waals surface area contributed by atoms with Crippen LogP contribution in [0.1, 0.15) is 37.4 Å². The predicted molar refractivity (Wildman–Crippen MR) is 127 cm³/mol. The van der Waals surface area contributed by atoms with Crippen LogP contribution in [0.25, 0.3) is 10.2 Å². The highest BCUT2D eigenvalue weighted by molar-refractivity contribution is 7.18. The number of carbonyl (C=O) groups excluding carboxylic acids is 1. The van der Waals surface area contributed by atoms with Gasteiger partial charge in [0.15, 0.2) is 0 Å². The minimum absolute atomic E-state index is 0. The largest absolute Gasteiger partial charge is 0.393 e. The highest BCUT2D eigenvalue weighted by Gasteiger charge is 2.49. The third kappa shape index (κ3) is 4.40. The monoisotopic (exact) mass is 497 g/mol. The lowest BCUT2D eigenvalue weighted by Gasteiger charge is -2.46. The number of anilines is 2. The molecule has 1 aliphatic carbocycles. The fourth-order valence-electron chi connectivity index (χ4n) is 5.10. The summed E-state index contributed by atoms with van der Waals surface area (Å²) in [6.45, 7) is 1.51. The number of hydrogen-bond acceptors (Lipinski definition) is 6. The zero-order valence-corrected chi connectivity index (χ0v) is 19.2. The summed E-state index contributed by atoms with van der Waals surface area (Å²) in [5.74, 6) is -0.126. The Morgan fingerprint density at radius 2 is 2.09 bits per heavy atom. The van der Waals surface area contributed by atoms with Gasteiger partial charge in [0, 0.05) is 39.5 Å². The number of carbonyl (C=O) groups is 1. The summed E-state index contributed by atoms with van der Waals surface area (Å²) < 4.78 is 52.9. The summed E-state index contributed by atoms with van der Waals surface area (Å²) >= 11 is 1.06. The summed E-state index contributed by atoms with van der Waals surface area (Å²) in [6.07, 6.45) is -1.16. The first kappa shape index (κ1) is 22.8. The van der Waals surface area contributed by atoms with E-state index in [-0.39, 0.29) is 30.7 Å². The van der Waals surface area contributed by atoms with E-state index in [0.717, 1.165) is 43.7 Å². The predicted octanol–water partition coefficient (Wildman–Crippen LogP) is 5.26. The minimum atomic E-state index is -4.26. The average molecular weight is 498 g/mol. The van der Waals surface area contributed by atoms with Crippen molar-refractivity contribution in [3.05, 3.63) is 46.9 Å². The SMILES string of the molecule is CNC(=O)c1ccc(NC2CC3(CCN(c4ncnc5sc(CC(F)(F)F)cc45)C3)C2)c(F)c1.[HH].[HH]. The molecule has 1 spiro atoms. The van der Waals surface area contributed by atoms with Gasteiger partial charge >= 0.3 is 6.18 Å². The van der Waals surface area contributed by atoms with Crippen LogP contribution in [0.15, 0.2) is 30.6 Å². The molecular weight excluding hydrogens is 470 g/mol. The van der Waals surface area contributed by atoms with Gasteiger partial charge in [0.1, 0.15) is 22.8 Å². The van der Waals surface area contributed by atoms with Crippen LogP contribution in [0.3, 0.4) is 0 Å². The van der Waals surface area contributed by atoms with Crippen molar-refractivity contribution in [1.82, 2.24) is 15.3 Å². The molecule has 184 valence electrons. The lowest BCUT2D eigenvalue weighted by atomic mass is 9.65. The van der Waals surface area contributed by atoms with Crippen LogP contribution < -0.4 is 15.5 Å². The molecule has 1 amide bonds. The Balaban J connectivity index is 0.00000180. The second kappa shape index (κ2) is 8.37. The average Bonchev–Trinajstić information content (AvgIpc) is 3.36. The number of alkyl halides is 3. The zero-order chi connectivity index (χ0) is 24.1. The number of benzene rings is 1. The lowest BCUT2D eigenvalue weighted by Crippen LogP contribution is -2.47. The Kier molecular flexibility index (Phi) is 5.62. The Hall–Kier alpha value is -2.95. The van der Waals surface area contributed by atoms with Gasteiger partial charge in [0.05, 0.1) is 17.5 Å². The molecule has 1 saturated carbocycles. The molecule has 2 fully saturated rings. The van der Waals surface area contributed by atoms with Crippen LogP contribution in [0.2, 0.25) is 0 Å². The molecule has 0 radical (unpaired) electrons. The number of halogens is 4. The molecule has 2 aliphatic rings. The van der Waals surface area contributed by atoms with Gasteiger partial charge in [-0.3, -0.25) is 4.79 Å². The van der Waals surface area contributed by atoms with Crippen molar-refractivity contribution >= 4 is 39.0 Å². The van der Waals surface area contributed by atoms with E-state index in [1.165, 1.54) is 19.4 Å². The van der Waals surface area contributed by atoms with E-state index < -0.39 is 18.4 Å². The van der Waals surface area contributed by atoms with Gasteiger partial charge in [-0.15, -0.1) is 11.3 Å². The molecule has 11 heteroatoms. The molecular formula is C23H27F4N5OS. The third-order valence-electron chi connectivity index (χ3n) is 6.65.